The number of nitrogens with one attached hydrogen (secondary N) is 1. The predicted octanol–water partition coefficient (Wildman–Crippen LogP) is 0.124. The highest BCUT2D eigenvalue weighted by molar-refractivity contribution is 5.77. The molecule has 0 fully saturated rings. The van der Waals surface area contributed by atoms with Crippen molar-refractivity contribution in [2.24, 2.45) is 11.7 Å². The van der Waals surface area contributed by atoms with Crippen LogP contribution in [0.25, 0.3) is 0 Å². The molecule has 0 saturated carbocycles. The van der Waals surface area contributed by atoms with Crippen LogP contribution in [-0.2, 0) is 9.53 Å². The average Bonchev–Trinajstić information content (AvgIpc) is 2.12. The van der Waals surface area contributed by atoms with Gasteiger partial charge in [-0.05, 0) is 18.9 Å². The van der Waals surface area contributed by atoms with E-state index in [1.54, 1.807) is 0 Å². The molecule has 0 rings (SSSR count). The number of rotatable bonds is 7. The summed E-state index contributed by atoms with van der Waals surface area (Å²) in [4.78, 5) is 11.0. The van der Waals surface area contributed by atoms with Gasteiger partial charge in [0.2, 0.25) is 5.91 Å². The summed E-state index contributed by atoms with van der Waals surface area (Å²) in [6.45, 7) is 3.62. The van der Waals surface area contributed by atoms with Crippen LogP contribution >= 0.6 is 0 Å². The Balaban J connectivity index is 3.52. The number of nitrogens with two attached hydrogens (primary N) is 1. The van der Waals surface area contributed by atoms with E-state index in [0.717, 1.165) is 12.8 Å². The van der Waals surface area contributed by atoms with E-state index in [-0.39, 0.29) is 12.5 Å². The minimum absolute atomic E-state index is 0.0574. The van der Waals surface area contributed by atoms with Crippen LogP contribution in [0.5, 0.6) is 0 Å². The van der Waals surface area contributed by atoms with Gasteiger partial charge in [0.25, 0.3) is 0 Å². The van der Waals surface area contributed by atoms with Crippen molar-refractivity contribution in [2.75, 3.05) is 26.8 Å². The van der Waals surface area contributed by atoms with E-state index in [0.29, 0.717) is 19.0 Å². The molecule has 1 amide bonds. The smallest absolute Gasteiger partial charge is 0.245 e. The zero-order chi connectivity index (χ0) is 10.1. The van der Waals surface area contributed by atoms with Crippen molar-refractivity contribution < 1.29 is 9.53 Å². The van der Waals surface area contributed by atoms with Gasteiger partial charge in [0.1, 0.15) is 6.61 Å². The van der Waals surface area contributed by atoms with Crippen LogP contribution in [0, 0.1) is 5.92 Å². The molecule has 1 atom stereocenters. The lowest BCUT2D eigenvalue weighted by Crippen LogP contribution is -2.32. The van der Waals surface area contributed by atoms with Gasteiger partial charge in [-0.2, -0.15) is 0 Å². The number of amides is 1. The quantitative estimate of drug-likeness (QED) is 0.596. The van der Waals surface area contributed by atoms with Gasteiger partial charge in [-0.15, -0.1) is 0 Å². The van der Waals surface area contributed by atoms with Gasteiger partial charge < -0.3 is 15.8 Å². The molecule has 13 heavy (non-hydrogen) atoms. The standard InChI is InChI=1S/C9H20N2O2/c1-3-8(4-5-10)6-11-9(12)7-13-2/h8H,3-7,10H2,1-2H3,(H,11,12). The molecule has 78 valence electrons. The first-order chi connectivity index (χ1) is 6.24. The zero-order valence-corrected chi connectivity index (χ0v) is 8.51. The second-order valence-electron chi connectivity index (χ2n) is 3.09. The predicted molar refractivity (Wildman–Crippen MR) is 52.3 cm³/mol. The molecule has 0 spiro atoms. The van der Waals surface area contributed by atoms with Crippen molar-refractivity contribution in [1.82, 2.24) is 5.32 Å². The zero-order valence-electron chi connectivity index (χ0n) is 8.51. The monoisotopic (exact) mass is 188 g/mol. The molecule has 0 radical (unpaired) electrons. The van der Waals surface area contributed by atoms with Crippen molar-refractivity contribution in [3.63, 3.8) is 0 Å². The molecule has 0 bridgehead atoms. The number of methoxy groups -OCH3 is 1. The van der Waals surface area contributed by atoms with Gasteiger partial charge in [0.05, 0.1) is 0 Å². The largest absolute Gasteiger partial charge is 0.375 e. The molecule has 3 N–H and O–H groups in total. The third-order valence-electron chi connectivity index (χ3n) is 2.02. The molecule has 0 aliphatic carbocycles. The highest BCUT2D eigenvalue weighted by atomic mass is 16.5. The minimum Gasteiger partial charge on any atom is -0.375 e. The van der Waals surface area contributed by atoms with Crippen LogP contribution in [0.15, 0.2) is 0 Å². The lowest BCUT2D eigenvalue weighted by Gasteiger charge is -2.14. The van der Waals surface area contributed by atoms with Crippen LogP contribution in [0.4, 0.5) is 0 Å². The van der Waals surface area contributed by atoms with Crippen molar-refractivity contribution in [1.29, 1.82) is 0 Å². The normalized spacial score (nSPS) is 12.5. The first-order valence-electron chi connectivity index (χ1n) is 4.70. The summed E-state index contributed by atoms with van der Waals surface area (Å²) in [6, 6.07) is 0. The van der Waals surface area contributed by atoms with E-state index in [1.807, 2.05) is 0 Å². The van der Waals surface area contributed by atoms with Gasteiger partial charge in [0.15, 0.2) is 0 Å². The SMILES string of the molecule is CCC(CCN)CNC(=O)COC. The number of carbonyl (C=O) groups excluding carboxylic acids is 1. The Bertz CT molecular complexity index is 140. The Hall–Kier alpha value is -0.610. The summed E-state index contributed by atoms with van der Waals surface area (Å²) in [7, 11) is 1.51. The number of hydrogen-bond acceptors (Lipinski definition) is 3. The molecule has 1 unspecified atom stereocenters. The Morgan fingerprint density at radius 3 is 2.77 bits per heavy atom. The van der Waals surface area contributed by atoms with Gasteiger partial charge in [0, 0.05) is 13.7 Å². The second-order valence-corrected chi connectivity index (χ2v) is 3.09. The van der Waals surface area contributed by atoms with Crippen molar-refractivity contribution >= 4 is 5.91 Å². The fraction of sp³-hybridized carbons (Fsp3) is 0.889. The molecule has 4 nitrogen and oxygen atoms in total. The molecular weight excluding hydrogens is 168 g/mol. The van der Waals surface area contributed by atoms with Crippen molar-refractivity contribution in [3.05, 3.63) is 0 Å². The molecule has 0 aromatic rings. The maximum Gasteiger partial charge on any atom is 0.245 e. The Kier molecular flexibility index (Phi) is 7.63. The Morgan fingerprint density at radius 2 is 2.31 bits per heavy atom. The highest BCUT2D eigenvalue weighted by Crippen LogP contribution is 2.04. The third kappa shape index (κ3) is 6.54. The molecule has 0 aliphatic heterocycles. The Labute approximate surface area is 79.8 Å². The first-order valence-corrected chi connectivity index (χ1v) is 4.70. The summed E-state index contributed by atoms with van der Waals surface area (Å²) >= 11 is 0. The molecular formula is C9H20N2O2. The summed E-state index contributed by atoms with van der Waals surface area (Å²) in [5, 5.41) is 2.80. The molecule has 0 heterocycles. The van der Waals surface area contributed by atoms with Crippen LogP contribution in [-0.4, -0.2) is 32.7 Å². The van der Waals surface area contributed by atoms with Gasteiger partial charge in [-0.1, -0.05) is 13.3 Å². The van der Waals surface area contributed by atoms with E-state index in [9.17, 15) is 4.79 Å². The van der Waals surface area contributed by atoms with E-state index in [2.05, 4.69) is 12.2 Å². The van der Waals surface area contributed by atoms with E-state index >= 15 is 0 Å². The summed E-state index contributed by atoms with van der Waals surface area (Å²) in [5.41, 5.74) is 5.43. The van der Waals surface area contributed by atoms with E-state index in [4.69, 9.17) is 10.5 Å². The second kappa shape index (κ2) is 8.01. The molecule has 0 saturated heterocycles. The summed E-state index contributed by atoms with van der Waals surface area (Å²) in [6.07, 6.45) is 2.01. The van der Waals surface area contributed by atoms with Crippen molar-refractivity contribution in [3.8, 4) is 0 Å². The highest BCUT2D eigenvalue weighted by Gasteiger charge is 2.06. The molecule has 0 aromatic carbocycles. The third-order valence-corrected chi connectivity index (χ3v) is 2.02. The summed E-state index contributed by atoms with van der Waals surface area (Å²) < 4.78 is 4.69. The van der Waals surface area contributed by atoms with Gasteiger partial charge in [-0.25, -0.2) is 0 Å². The number of carbonyl (C=O) groups is 1. The molecule has 0 aromatic heterocycles. The average molecular weight is 188 g/mol. The van der Waals surface area contributed by atoms with Crippen molar-refractivity contribution in [2.45, 2.75) is 19.8 Å². The first kappa shape index (κ1) is 12.4. The minimum atomic E-state index is -0.0574. The fourth-order valence-electron chi connectivity index (χ4n) is 1.13. The summed E-state index contributed by atoms with van der Waals surface area (Å²) in [5.74, 6) is 0.434. The van der Waals surface area contributed by atoms with Gasteiger partial charge in [-0.3, -0.25) is 4.79 Å². The number of ether oxygens (including phenoxy) is 1. The van der Waals surface area contributed by atoms with E-state index < -0.39 is 0 Å². The van der Waals surface area contributed by atoms with Crippen LogP contribution in [0.1, 0.15) is 19.8 Å². The van der Waals surface area contributed by atoms with Crippen LogP contribution < -0.4 is 11.1 Å². The Morgan fingerprint density at radius 1 is 1.62 bits per heavy atom. The fourth-order valence-corrected chi connectivity index (χ4v) is 1.13. The van der Waals surface area contributed by atoms with Crippen LogP contribution in [0.2, 0.25) is 0 Å². The number of hydrogen-bond donors (Lipinski definition) is 2. The molecule has 4 heteroatoms. The maximum absolute atomic E-state index is 11.0. The topological polar surface area (TPSA) is 64.3 Å². The van der Waals surface area contributed by atoms with Gasteiger partial charge >= 0.3 is 0 Å². The van der Waals surface area contributed by atoms with Crippen LogP contribution in [0.3, 0.4) is 0 Å². The molecule has 0 aliphatic rings. The van der Waals surface area contributed by atoms with E-state index in [1.165, 1.54) is 7.11 Å². The lowest BCUT2D eigenvalue weighted by molar-refractivity contribution is -0.124. The lowest BCUT2D eigenvalue weighted by atomic mass is 10.0. The maximum atomic E-state index is 11.0.